The minimum absolute atomic E-state index is 0.0928. The molecule has 1 fully saturated rings. The van der Waals surface area contributed by atoms with E-state index in [1.165, 1.54) is 4.57 Å². The lowest BCUT2D eigenvalue weighted by atomic mass is 9.96. The molecule has 148 valence electrons. The number of rotatable bonds is 4. The van der Waals surface area contributed by atoms with E-state index in [1.54, 1.807) is 23.2 Å². The number of carbonyl (C=O) groups excluding carboxylic acids is 1. The van der Waals surface area contributed by atoms with Crippen molar-refractivity contribution in [1.82, 2.24) is 14.5 Å². The Kier molecular flexibility index (Phi) is 5.12. The second kappa shape index (κ2) is 7.87. The van der Waals surface area contributed by atoms with Gasteiger partial charge in [0.15, 0.2) is 0 Å². The fraction of sp³-hybridized carbons (Fsp3) is 0.273. The topological polar surface area (TPSA) is 92.5 Å². The first-order chi connectivity index (χ1) is 14.0. The fourth-order valence-corrected chi connectivity index (χ4v) is 3.77. The van der Waals surface area contributed by atoms with Gasteiger partial charge in [-0.3, -0.25) is 19.0 Å². The van der Waals surface area contributed by atoms with Gasteiger partial charge in [0, 0.05) is 24.7 Å². The van der Waals surface area contributed by atoms with E-state index in [9.17, 15) is 14.4 Å². The number of nitrogens with zero attached hydrogens (tertiary/aromatic N) is 3. The van der Waals surface area contributed by atoms with E-state index in [0.29, 0.717) is 43.5 Å². The highest BCUT2D eigenvalue weighted by molar-refractivity contribution is 5.97. The molecule has 1 amide bonds. The molecular weight excluding hydrogens is 370 g/mol. The SMILES string of the molecule is O=C(O)C1CCN(C(=O)c2cc3cccnc3n(Cc3ccccc3)c2=O)CC1. The highest BCUT2D eigenvalue weighted by Crippen LogP contribution is 2.20. The van der Waals surface area contributed by atoms with Gasteiger partial charge in [0.25, 0.3) is 11.5 Å². The van der Waals surface area contributed by atoms with E-state index in [2.05, 4.69) is 4.98 Å². The summed E-state index contributed by atoms with van der Waals surface area (Å²) in [6.45, 7) is 0.980. The highest BCUT2D eigenvalue weighted by Gasteiger charge is 2.29. The van der Waals surface area contributed by atoms with Crippen molar-refractivity contribution in [3.8, 4) is 0 Å². The Morgan fingerprint density at radius 1 is 1.07 bits per heavy atom. The summed E-state index contributed by atoms with van der Waals surface area (Å²) >= 11 is 0. The summed E-state index contributed by atoms with van der Waals surface area (Å²) in [5.74, 6) is -1.62. The number of piperidine rings is 1. The van der Waals surface area contributed by atoms with Crippen LogP contribution in [-0.2, 0) is 11.3 Å². The average molecular weight is 391 g/mol. The first kappa shape index (κ1) is 18.9. The first-order valence-corrected chi connectivity index (χ1v) is 9.59. The first-order valence-electron chi connectivity index (χ1n) is 9.59. The lowest BCUT2D eigenvalue weighted by Crippen LogP contribution is -2.42. The zero-order valence-corrected chi connectivity index (χ0v) is 15.8. The number of aliphatic carboxylic acids is 1. The summed E-state index contributed by atoms with van der Waals surface area (Å²) in [5, 5.41) is 9.87. The number of pyridine rings is 2. The van der Waals surface area contributed by atoms with Crippen LogP contribution in [0.5, 0.6) is 0 Å². The van der Waals surface area contributed by atoms with Gasteiger partial charge in [-0.15, -0.1) is 0 Å². The molecule has 1 aliphatic heterocycles. The second-order valence-corrected chi connectivity index (χ2v) is 7.26. The standard InChI is InChI=1S/C22H21N3O4/c26-20(24-11-8-16(9-12-24)22(28)29)18-13-17-7-4-10-23-19(17)25(21(18)27)14-15-5-2-1-3-6-15/h1-7,10,13,16H,8-9,11-12,14H2,(H,28,29). The lowest BCUT2D eigenvalue weighted by molar-refractivity contribution is -0.143. The van der Waals surface area contributed by atoms with Gasteiger partial charge >= 0.3 is 5.97 Å². The lowest BCUT2D eigenvalue weighted by Gasteiger charge is -2.30. The van der Waals surface area contributed by atoms with E-state index < -0.39 is 11.9 Å². The van der Waals surface area contributed by atoms with Crippen molar-refractivity contribution in [1.29, 1.82) is 0 Å². The van der Waals surface area contributed by atoms with Crippen molar-refractivity contribution >= 4 is 22.9 Å². The number of carboxylic acids is 1. The van der Waals surface area contributed by atoms with Gasteiger partial charge in [0.05, 0.1) is 12.5 Å². The van der Waals surface area contributed by atoms with E-state index in [1.807, 2.05) is 36.4 Å². The van der Waals surface area contributed by atoms with Gasteiger partial charge in [-0.2, -0.15) is 0 Å². The number of amides is 1. The van der Waals surface area contributed by atoms with Crippen LogP contribution in [0.15, 0.2) is 59.5 Å². The summed E-state index contributed by atoms with van der Waals surface area (Å²) in [6, 6.07) is 14.7. The molecule has 0 aliphatic carbocycles. The molecule has 1 saturated heterocycles. The van der Waals surface area contributed by atoms with Crippen LogP contribution in [0, 0.1) is 5.92 Å². The normalized spacial score (nSPS) is 14.8. The molecule has 0 saturated carbocycles. The highest BCUT2D eigenvalue weighted by atomic mass is 16.4. The number of hydrogen-bond donors (Lipinski definition) is 1. The van der Waals surface area contributed by atoms with Crippen LogP contribution < -0.4 is 5.56 Å². The van der Waals surface area contributed by atoms with E-state index in [0.717, 1.165) is 5.56 Å². The number of fused-ring (bicyclic) bond motifs is 1. The Morgan fingerprint density at radius 2 is 1.79 bits per heavy atom. The molecule has 7 nitrogen and oxygen atoms in total. The predicted octanol–water partition coefficient (Wildman–Crippen LogP) is 2.38. The summed E-state index contributed by atoms with van der Waals surface area (Å²) in [4.78, 5) is 43.4. The Balaban J connectivity index is 1.72. The summed E-state index contributed by atoms with van der Waals surface area (Å²) < 4.78 is 1.53. The number of aromatic nitrogens is 2. The molecule has 3 heterocycles. The largest absolute Gasteiger partial charge is 0.481 e. The number of hydrogen-bond acceptors (Lipinski definition) is 4. The monoisotopic (exact) mass is 391 g/mol. The molecule has 2 aromatic heterocycles. The number of carboxylic acid groups (broad SMARTS) is 1. The maximum Gasteiger partial charge on any atom is 0.306 e. The minimum atomic E-state index is -0.834. The Labute approximate surface area is 167 Å². The van der Waals surface area contributed by atoms with Crippen molar-refractivity contribution in [2.24, 2.45) is 5.92 Å². The van der Waals surface area contributed by atoms with Crippen LogP contribution in [0.25, 0.3) is 11.0 Å². The molecular formula is C22H21N3O4. The Morgan fingerprint density at radius 3 is 2.48 bits per heavy atom. The zero-order valence-electron chi connectivity index (χ0n) is 15.8. The summed E-state index contributed by atoms with van der Waals surface area (Å²) in [6.07, 6.45) is 2.42. The number of likely N-dealkylation sites (tertiary alicyclic amines) is 1. The molecule has 0 bridgehead atoms. The molecule has 1 N–H and O–H groups in total. The van der Waals surface area contributed by atoms with Gasteiger partial charge in [0.1, 0.15) is 11.2 Å². The van der Waals surface area contributed by atoms with Gasteiger partial charge in [0.2, 0.25) is 0 Å². The average Bonchev–Trinajstić information content (AvgIpc) is 2.76. The molecule has 0 atom stereocenters. The predicted molar refractivity (Wildman–Crippen MR) is 108 cm³/mol. The van der Waals surface area contributed by atoms with Gasteiger partial charge in [-0.05, 0) is 36.6 Å². The van der Waals surface area contributed by atoms with E-state index >= 15 is 0 Å². The van der Waals surface area contributed by atoms with Crippen molar-refractivity contribution in [2.75, 3.05) is 13.1 Å². The minimum Gasteiger partial charge on any atom is -0.481 e. The Hall–Kier alpha value is -3.48. The smallest absolute Gasteiger partial charge is 0.306 e. The van der Waals surface area contributed by atoms with Crippen LogP contribution in [0.3, 0.4) is 0 Å². The van der Waals surface area contributed by atoms with Crippen LogP contribution in [0.4, 0.5) is 0 Å². The van der Waals surface area contributed by atoms with Gasteiger partial charge < -0.3 is 10.0 Å². The quantitative estimate of drug-likeness (QED) is 0.737. The number of carbonyl (C=O) groups is 2. The second-order valence-electron chi connectivity index (χ2n) is 7.26. The zero-order chi connectivity index (χ0) is 20.4. The molecule has 0 radical (unpaired) electrons. The third kappa shape index (κ3) is 3.76. The third-order valence-electron chi connectivity index (χ3n) is 5.39. The van der Waals surface area contributed by atoms with Crippen molar-refractivity contribution < 1.29 is 14.7 Å². The van der Waals surface area contributed by atoms with Crippen LogP contribution >= 0.6 is 0 Å². The molecule has 0 spiro atoms. The van der Waals surface area contributed by atoms with Crippen molar-refractivity contribution in [2.45, 2.75) is 19.4 Å². The maximum absolute atomic E-state index is 13.2. The molecule has 1 aliphatic rings. The van der Waals surface area contributed by atoms with Gasteiger partial charge in [-0.1, -0.05) is 30.3 Å². The maximum atomic E-state index is 13.2. The molecule has 1 aromatic carbocycles. The van der Waals surface area contributed by atoms with Gasteiger partial charge in [-0.25, -0.2) is 4.98 Å². The van der Waals surface area contributed by atoms with Crippen LogP contribution in [0.1, 0.15) is 28.8 Å². The third-order valence-corrected chi connectivity index (χ3v) is 5.39. The van der Waals surface area contributed by atoms with Crippen LogP contribution in [0.2, 0.25) is 0 Å². The summed E-state index contributed by atoms with van der Waals surface area (Å²) in [7, 11) is 0. The molecule has 0 unspecified atom stereocenters. The van der Waals surface area contributed by atoms with Crippen molar-refractivity contribution in [3.63, 3.8) is 0 Å². The molecule has 29 heavy (non-hydrogen) atoms. The van der Waals surface area contributed by atoms with Crippen LogP contribution in [-0.4, -0.2) is 44.5 Å². The molecule has 3 aromatic rings. The summed E-state index contributed by atoms with van der Waals surface area (Å²) in [5.41, 5.74) is 1.18. The molecule has 4 rings (SSSR count). The van der Waals surface area contributed by atoms with E-state index in [4.69, 9.17) is 5.11 Å². The fourth-order valence-electron chi connectivity index (χ4n) is 3.77. The number of benzene rings is 1. The Bertz CT molecular complexity index is 1120. The molecule has 7 heteroatoms. The van der Waals surface area contributed by atoms with Crippen molar-refractivity contribution in [3.05, 3.63) is 76.2 Å². The van der Waals surface area contributed by atoms with E-state index in [-0.39, 0.29) is 17.0 Å².